The Hall–Kier alpha value is -4.09. The molecule has 5 rings (SSSR count). The van der Waals surface area contributed by atoms with E-state index in [4.69, 9.17) is 18.9 Å². The fraction of sp³-hybridized carbons (Fsp3) is 0.219. The molecule has 0 aliphatic carbocycles. The first kappa shape index (κ1) is 24.6. The van der Waals surface area contributed by atoms with Crippen LogP contribution in [0.15, 0.2) is 112 Å². The third-order valence-electron chi connectivity index (χ3n) is 6.68. The number of hydrogen-bond donors (Lipinski definition) is 0. The van der Waals surface area contributed by atoms with Crippen molar-refractivity contribution in [1.82, 2.24) is 0 Å². The number of benzene rings is 3. The van der Waals surface area contributed by atoms with Crippen LogP contribution in [0.3, 0.4) is 0 Å². The van der Waals surface area contributed by atoms with Gasteiger partial charge in [0.1, 0.15) is 11.5 Å². The Morgan fingerprint density at radius 3 is 2.27 bits per heavy atom. The predicted octanol–water partition coefficient (Wildman–Crippen LogP) is 7.27. The number of methoxy groups -OCH3 is 1. The summed E-state index contributed by atoms with van der Waals surface area (Å²) in [5.41, 5.74) is 7.39. The fourth-order valence-electron chi connectivity index (χ4n) is 4.67. The van der Waals surface area contributed by atoms with E-state index in [9.17, 15) is 0 Å². The molecule has 188 valence electrons. The first-order valence-corrected chi connectivity index (χ1v) is 12.5. The Morgan fingerprint density at radius 1 is 0.892 bits per heavy atom. The van der Waals surface area contributed by atoms with Gasteiger partial charge in [0, 0.05) is 11.3 Å². The van der Waals surface area contributed by atoms with E-state index in [1.165, 1.54) is 5.56 Å². The number of nitrogens with zero attached hydrogens (tertiary/aromatic N) is 2. The van der Waals surface area contributed by atoms with Gasteiger partial charge in [0.05, 0.1) is 31.8 Å². The molecule has 2 atom stereocenters. The van der Waals surface area contributed by atoms with Crippen LogP contribution in [-0.2, 0) is 11.3 Å². The smallest absolute Gasteiger partial charge is 0.152 e. The number of aliphatic imine (C=N–C) groups is 1. The molecule has 5 heteroatoms. The number of aryl methyl sites for hydroxylation is 1. The molecule has 0 saturated heterocycles. The van der Waals surface area contributed by atoms with E-state index in [0.29, 0.717) is 6.61 Å². The van der Waals surface area contributed by atoms with Crippen LogP contribution in [0.5, 0.6) is 5.75 Å². The summed E-state index contributed by atoms with van der Waals surface area (Å²) in [5.74, 6) is 1.56. The van der Waals surface area contributed by atoms with Crippen molar-refractivity contribution in [3.8, 4) is 5.75 Å². The van der Waals surface area contributed by atoms with Crippen LogP contribution in [0, 0.1) is 6.92 Å². The molecular weight excluding hydrogens is 460 g/mol. The molecule has 0 N–H and O–H groups in total. The van der Waals surface area contributed by atoms with E-state index in [-0.39, 0.29) is 12.3 Å². The monoisotopic (exact) mass is 492 g/mol. The van der Waals surface area contributed by atoms with Crippen molar-refractivity contribution < 1.29 is 13.9 Å². The standard InChI is InChI=1S/C32H32N2O3/c1-22-12-16-27(17-13-22)34-31(26-14-18-28(35-4)19-15-26)23(2)30(29-11-8-20-36-29)33-32(34)24(3)37-21-25-9-6-5-7-10-25/h5-20,24,32H,21H2,1-4H3/t24-,32+/m1/s1. The molecule has 0 unspecified atom stereocenters. The molecule has 0 radical (unpaired) electrons. The lowest BCUT2D eigenvalue weighted by Gasteiger charge is -2.40. The lowest BCUT2D eigenvalue weighted by atomic mass is 9.96. The zero-order chi connectivity index (χ0) is 25.8. The number of anilines is 1. The molecule has 2 heterocycles. The molecule has 5 nitrogen and oxygen atoms in total. The van der Waals surface area contributed by atoms with Gasteiger partial charge in [-0.3, -0.25) is 4.99 Å². The zero-order valence-corrected chi connectivity index (χ0v) is 21.7. The third-order valence-corrected chi connectivity index (χ3v) is 6.68. The van der Waals surface area contributed by atoms with Crippen LogP contribution in [-0.4, -0.2) is 25.1 Å². The number of ether oxygens (including phenoxy) is 2. The summed E-state index contributed by atoms with van der Waals surface area (Å²) in [6, 6.07) is 30.8. The van der Waals surface area contributed by atoms with Crippen molar-refractivity contribution in [3.05, 3.63) is 125 Å². The predicted molar refractivity (Wildman–Crippen MR) is 149 cm³/mol. The minimum Gasteiger partial charge on any atom is -0.497 e. The molecule has 3 aromatic carbocycles. The minimum atomic E-state index is -0.313. The number of furan rings is 1. The maximum atomic E-state index is 6.44. The first-order chi connectivity index (χ1) is 18.0. The lowest BCUT2D eigenvalue weighted by molar-refractivity contribution is 0.0378. The molecular formula is C32H32N2O3. The van der Waals surface area contributed by atoms with Crippen molar-refractivity contribution in [2.24, 2.45) is 4.99 Å². The fourth-order valence-corrected chi connectivity index (χ4v) is 4.67. The average molecular weight is 493 g/mol. The summed E-state index contributed by atoms with van der Waals surface area (Å²) in [5, 5.41) is 0. The molecule has 1 aromatic heterocycles. The molecule has 1 aliphatic heterocycles. The largest absolute Gasteiger partial charge is 0.497 e. The van der Waals surface area contributed by atoms with Gasteiger partial charge in [0.2, 0.25) is 0 Å². The number of allylic oxidation sites excluding steroid dienone is 1. The van der Waals surface area contributed by atoms with Gasteiger partial charge in [0.25, 0.3) is 0 Å². The van der Waals surface area contributed by atoms with Gasteiger partial charge in [-0.2, -0.15) is 0 Å². The molecule has 0 amide bonds. The maximum Gasteiger partial charge on any atom is 0.152 e. The van der Waals surface area contributed by atoms with Crippen molar-refractivity contribution in [3.63, 3.8) is 0 Å². The average Bonchev–Trinajstić information content (AvgIpc) is 3.47. The molecule has 4 aromatic rings. The SMILES string of the molecule is COc1ccc(C2=C(C)C(c3ccco3)=N[C@H]([C@@H](C)OCc3ccccc3)N2c2ccc(C)cc2)cc1. The molecule has 0 saturated carbocycles. The van der Waals surface area contributed by atoms with Gasteiger partial charge in [0.15, 0.2) is 11.9 Å². The van der Waals surface area contributed by atoms with Crippen LogP contribution in [0.25, 0.3) is 5.70 Å². The van der Waals surface area contributed by atoms with Crippen LogP contribution >= 0.6 is 0 Å². The van der Waals surface area contributed by atoms with Crippen molar-refractivity contribution in [2.75, 3.05) is 12.0 Å². The van der Waals surface area contributed by atoms with Gasteiger partial charge >= 0.3 is 0 Å². The molecule has 0 spiro atoms. The highest BCUT2D eigenvalue weighted by atomic mass is 16.5. The first-order valence-electron chi connectivity index (χ1n) is 12.5. The third kappa shape index (κ3) is 5.23. The summed E-state index contributed by atoms with van der Waals surface area (Å²) < 4.78 is 17.7. The second-order valence-corrected chi connectivity index (χ2v) is 9.28. The highest BCUT2D eigenvalue weighted by molar-refractivity contribution is 6.17. The van der Waals surface area contributed by atoms with Gasteiger partial charge in [-0.15, -0.1) is 0 Å². The van der Waals surface area contributed by atoms with Crippen LogP contribution in [0.4, 0.5) is 5.69 Å². The van der Waals surface area contributed by atoms with Crippen LogP contribution in [0.2, 0.25) is 0 Å². The van der Waals surface area contributed by atoms with Gasteiger partial charge in [-0.25, -0.2) is 0 Å². The van der Waals surface area contributed by atoms with E-state index in [1.54, 1.807) is 13.4 Å². The van der Waals surface area contributed by atoms with E-state index in [2.05, 4.69) is 74.2 Å². The Kier molecular flexibility index (Phi) is 7.24. The summed E-state index contributed by atoms with van der Waals surface area (Å²) in [7, 11) is 1.68. The van der Waals surface area contributed by atoms with E-state index < -0.39 is 0 Å². The van der Waals surface area contributed by atoms with Crippen molar-refractivity contribution in [1.29, 1.82) is 0 Å². The molecule has 37 heavy (non-hydrogen) atoms. The Labute approximate surface area is 218 Å². The summed E-state index contributed by atoms with van der Waals surface area (Å²) in [6.07, 6.45) is 1.16. The van der Waals surface area contributed by atoms with Crippen LogP contribution < -0.4 is 9.64 Å². The Morgan fingerprint density at radius 2 is 1.62 bits per heavy atom. The highest BCUT2D eigenvalue weighted by Gasteiger charge is 2.35. The van der Waals surface area contributed by atoms with Crippen LogP contribution in [0.1, 0.15) is 36.3 Å². The minimum absolute atomic E-state index is 0.215. The van der Waals surface area contributed by atoms with Crippen molar-refractivity contribution >= 4 is 17.1 Å². The van der Waals surface area contributed by atoms with E-state index >= 15 is 0 Å². The van der Waals surface area contributed by atoms with E-state index in [0.717, 1.165) is 45.3 Å². The molecule has 0 fully saturated rings. The number of rotatable bonds is 8. The van der Waals surface area contributed by atoms with Gasteiger partial charge in [-0.05, 0) is 80.4 Å². The van der Waals surface area contributed by atoms with E-state index in [1.807, 2.05) is 42.5 Å². The summed E-state index contributed by atoms with van der Waals surface area (Å²) in [4.78, 5) is 7.54. The second kappa shape index (κ2) is 10.9. The van der Waals surface area contributed by atoms with Crippen molar-refractivity contribution in [2.45, 2.75) is 39.6 Å². The number of hydrogen-bond acceptors (Lipinski definition) is 5. The zero-order valence-electron chi connectivity index (χ0n) is 21.7. The maximum absolute atomic E-state index is 6.44. The Balaban J connectivity index is 1.62. The lowest BCUT2D eigenvalue weighted by Crippen LogP contribution is -2.45. The molecule has 1 aliphatic rings. The van der Waals surface area contributed by atoms with Gasteiger partial charge < -0.3 is 18.8 Å². The second-order valence-electron chi connectivity index (χ2n) is 9.28. The summed E-state index contributed by atoms with van der Waals surface area (Å²) >= 11 is 0. The highest BCUT2D eigenvalue weighted by Crippen LogP contribution is 2.38. The van der Waals surface area contributed by atoms with Gasteiger partial charge in [-0.1, -0.05) is 48.0 Å². The quantitative estimate of drug-likeness (QED) is 0.260. The normalized spacial score (nSPS) is 16.5. The molecule has 0 bridgehead atoms. The topological polar surface area (TPSA) is 47.2 Å². The Bertz CT molecular complexity index is 1370. The summed E-state index contributed by atoms with van der Waals surface area (Å²) in [6.45, 7) is 6.80.